The molecule has 1 unspecified atom stereocenters. The first-order chi connectivity index (χ1) is 15.2. The number of aromatic nitrogens is 1. The smallest absolute Gasteiger partial charge is 0.302 e. The fourth-order valence-corrected chi connectivity index (χ4v) is 4.43. The molecule has 0 saturated carbocycles. The van der Waals surface area contributed by atoms with Crippen molar-refractivity contribution in [2.75, 3.05) is 20.3 Å². The number of rotatable bonds is 7. The molecule has 2 saturated heterocycles. The SMILES string of the molecule is COc1ccc2c(c1)c(CCNC(C)=O)cn2C1O[C@H](COC(C)=O)[C@H]2OC(C)(C)O[C@@H]12. The third-order valence-electron chi connectivity index (χ3n) is 5.74. The van der Waals surface area contributed by atoms with E-state index in [9.17, 15) is 9.59 Å². The number of nitrogens with one attached hydrogen (secondary N) is 1. The first-order valence-corrected chi connectivity index (χ1v) is 10.7. The van der Waals surface area contributed by atoms with Crippen molar-refractivity contribution < 1.29 is 33.3 Å². The Morgan fingerprint density at radius 3 is 2.62 bits per heavy atom. The summed E-state index contributed by atoms with van der Waals surface area (Å²) in [4.78, 5) is 22.7. The fraction of sp³-hybridized carbons (Fsp3) is 0.565. The molecule has 9 nitrogen and oxygen atoms in total. The quantitative estimate of drug-likeness (QED) is 0.652. The third kappa shape index (κ3) is 4.46. The minimum absolute atomic E-state index is 0.0691. The van der Waals surface area contributed by atoms with Crippen molar-refractivity contribution in [3.05, 3.63) is 30.0 Å². The van der Waals surface area contributed by atoms with E-state index in [1.165, 1.54) is 13.8 Å². The summed E-state index contributed by atoms with van der Waals surface area (Å²) in [5.41, 5.74) is 2.00. The molecule has 0 spiro atoms. The molecule has 4 atom stereocenters. The highest BCUT2D eigenvalue weighted by atomic mass is 16.8. The van der Waals surface area contributed by atoms with Crippen molar-refractivity contribution in [3.8, 4) is 5.75 Å². The summed E-state index contributed by atoms with van der Waals surface area (Å²) in [5.74, 6) is -0.465. The van der Waals surface area contributed by atoms with Crippen LogP contribution in [0.3, 0.4) is 0 Å². The van der Waals surface area contributed by atoms with Crippen LogP contribution >= 0.6 is 0 Å². The van der Waals surface area contributed by atoms with Crippen LogP contribution in [0.4, 0.5) is 0 Å². The van der Waals surface area contributed by atoms with E-state index >= 15 is 0 Å². The number of amides is 1. The van der Waals surface area contributed by atoms with Gasteiger partial charge in [-0.05, 0) is 44.0 Å². The molecule has 1 amide bonds. The van der Waals surface area contributed by atoms with Crippen LogP contribution in [-0.4, -0.2) is 60.8 Å². The number of hydrogen-bond donors (Lipinski definition) is 1. The van der Waals surface area contributed by atoms with Gasteiger partial charge in [-0.3, -0.25) is 9.59 Å². The van der Waals surface area contributed by atoms with Crippen LogP contribution in [0.15, 0.2) is 24.4 Å². The van der Waals surface area contributed by atoms with E-state index in [1.807, 2.05) is 42.8 Å². The molecule has 174 valence electrons. The first-order valence-electron chi connectivity index (χ1n) is 10.7. The lowest BCUT2D eigenvalue weighted by atomic mass is 10.1. The van der Waals surface area contributed by atoms with Crippen LogP contribution in [0.1, 0.15) is 39.5 Å². The molecule has 9 heteroatoms. The van der Waals surface area contributed by atoms with Crippen LogP contribution in [0, 0.1) is 0 Å². The van der Waals surface area contributed by atoms with Gasteiger partial charge in [-0.1, -0.05) is 0 Å². The summed E-state index contributed by atoms with van der Waals surface area (Å²) < 4.78 is 31.3. The van der Waals surface area contributed by atoms with Crippen molar-refractivity contribution in [2.45, 2.75) is 64.4 Å². The topological polar surface area (TPSA) is 97.2 Å². The number of methoxy groups -OCH3 is 1. The predicted octanol–water partition coefficient (Wildman–Crippen LogP) is 2.31. The molecular formula is C23H30N2O7. The van der Waals surface area contributed by atoms with Crippen molar-refractivity contribution >= 4 is 22.8 Å². The zero-order chi connectivity index (χ0) is 23.0. The van der Waals surface area contributed by atoms with Gasteiger partial charge < -0.3 is 33.6 Å². The van der Waals surface area contributed by atoms with E-state index in [2.05, 4.69) is 5.32 Å². The van der Waals surface area contributed by atoms with Gasteiger partial charge in [-0.2, -0.15) is 0 Å². The molecule has 32 heavy (non-hydrogen) atoms. The lowest BCUT2D eigenvalue weighted by molar-refractivity contribution is -0.201. The molecule has 1 N–H and O–H groups in total. The molecule has 2 aliphatic rings. The van der Waals surface area contributed by atoms with E-state index in [0.29, 0.717) is 13.0 Å². The van der Waals surface area contributed by atoms with E-state index < -0.39 is 18.1 Å². The monoisotopic (exact) mass is 446 g/mol. The summed E-state index contributed by atoms with van der Waals surface area (Å²) in [6.07, 6.45) is 1.02. The molecule has 2 aliphatic heterocycles. The maximum absolute atomic E-state index is 11.4. The van der Waals surface area contributed by atoms with Gasteiger partial charge >= 0.3 is 5.97 Å². The number of carbonyl (C=O) groups excluding carboxylic acids is 2. The number of carbonyl (C=O) groups is 2. The standard InChI is InChI=1S/C23H30N2O7/c1-13(26)24-9-8-15-11-25(18-7-6-16(28-5)10-17(15)18)22-21-20(31-23(3,4)32-21)19(30-22)12-29-14(2)27/h6-7,10-11,19-22H,8-9,12H2,1-5H3,(H,24,26)/t19-,20-,21-,22?/m1/s1. The van der Waals surface area contributed by atoms with Gasteiger partial charge in [-0.25, -0.2) is 0 Å². The zero-order valence-corrected chi connectivity index (χ0v) is 19.0. The Hall–Kier alpha value is -2.62. The molecular weight excluding hydrogens is 416 g/mol. The maximum Gasteiger partial charge on any atom is 0.302 e. The average molecular weight is 447 g/mol. The minimum Gasteiger partial charge on any atom is -0.497 e. The van der Waals surface area contributed by atoms with Gasteiger partial charge in [0, 0.05) is 32.0 Å². The van der Waals surface area contributed by atoms with E-state index in [0.717, 1.165) is 22.2 Å². The third-order valence-corrected chi connectivity index (χ3v) is 5.74. The molecule has 2 aromatic rings. The normalized spacial score (nSPS) is 26.2. The van der Waals surface area contributed by atoms with Crippen LogP contribution in [0.25, 0.3) is 10.9 Å². The van der Waals surface area contributed by atoms with Gasteiger partial charge in [0.1, 0.15) is 30.7 Å². The van der Waals surface area contributed by atoms with Crippen LogP contribution < -0.4 is 10.1 Å². The van der Waals surface area contributed by atoms with Crippen LogP contribution in [-0.2, 0) is 35.0 Å². The molecule has 1 aromatic heterocycles. The van der Waals surface area contributed by atoms with Crippen molar-refractivity contribution in [3.63, 3.8) is 0 Å². The van der Waals surface area contributed by atoms with Gasteiger partial charge in [0.05, 0.1) is 12.6 Å². The van der Waals surface area contributed by atoms with Crippen molar-refractivity contribution in [1.29, 1.82) is 0 Å². The second kappa shape index (κ2) is 8.73. The number of nitrogens with zero attached hydrogens (tertiary/aromatic N) is 1. The van der Waals surface area contributed by atoms with E-state index in [4.69, 9.17) is 23.7 Å². The van der Waals surface area contributed by atoms with Crippen LogP contribution in [0.2, 0.25) is 0 Å². The van der Waals surface area contributed by atoms with Gasteiger partial charge in [0.15, 0.2) is 12.0 Å². The summed E-state index contributed by atoms with van der Waals surface area (Å²) in [5, 5.41) is 3.86. The Labute approximate surface area is 186 Å². The largest absolute Gasteiger partial charge is 0.497 e. The van der Waals surface area contributed by atoms with Crippen LogP contribution in [0.5, 0.6) is 5.75 Å². The second-order valence-corrected chi connectivity index (χ2v) is 8.61. The molecule has 1 aromatic carbocycles. The Bertz CT molecular complexity index is 1020. The predicted molar refractivity (Wildman–Crippen MR) is 115 cm³/mol. The van der Waals surface area contributed by atoms with Gasteiger partial charge in [0.2, 0.25) is 5.91 Å². The lowest BCUT2D eigenvalue weighted by Gasteiger charge is -2.25. The summed E-state index contributed by atoms with van der Waals surface area (Å²) in [7, 11) is 1.63. The molecule has 4 rings (SSSR count). The summed E-state index contributed by atoms with van der Waals surface area (Å²) in [6, 6.07) is 5.86. The highest BCUT2D eigenvalue weighted by molar-refractivity contribution is 5.85. The Morgan fingerprint density at radius 1 is 1.19 bits per heavy atom. The highest BCUT2D eigenvalue weighted by Gasteiger charge is 2.56. The molecule has 2 fully saturated rings. The van der Waals surface area contributed by atoms with E-state index in [-0.39, 0.29) is 30.7 Å². The van der Waals surface area contributed by atoms with E-state index in [1.54, 1.807) is 7.11 Å². The van der Waals surface area contributed by atoms with Crippen molar-refractivity contribution in [2.24, 2.45) is 0 Å². The Morgan fingerprint density at radius 2 is 1.94 bits per heavy atom. The Balaban J connectivity index is 1.69. The van der Waals surface area contributed by atoms with Gasteiger partial charge in [-0.15, -0.1) is 0 Å². The second-order valence-electron chi connectivity index (χ2n) is 8.61. The number of esters is 1. The minimum atomic E-state index is -0.772. The Kier molecular flexibility index (Phi) is 6.15. The highest BCUT2D eigenvalue weighted by Crippen LogP contribution is 2.44. The first kappa shape index (κ1) is 22.6. The number of fused-ring (bicyclic) bond motifs is 2. The molecule has 0 aliphatic carbocycles. The lowest BCUT2D eigenvalue weighted by Crippen LogP contribution is -2.33. The van der Waals surface area contributed by atoms with Crippen molar-refractivity contribution in [1.82, 2.24) is 9.88 Å². The maximum atomic E-state index is 11.4. The number of ether oxygens (including phenoxy) is 5. The fourth-order valence-electron chi connectivity index (χ4n) is 4.43. The van der Waals surface area contributed by atoms with Gasteiger partial charge in [0.25, 0.3) is 0 Å². The molecule has 3 heterocycles. The molecule has 0 bridgehead atoms. The molecule has 0 radical (unpaired) electrons. The average Bonchev–Trinajstić information content (AvgIpc) is 3.34. The summed E-state index contributed by atoms with van der Waals surface area (Å²) in [6.45, 7) is 7.21. The number of benzene rings is 1. The number of hydrogen-bond acceptors (Lipinski definition) is 7. The summed E-state index contributed by atoms with van der Waals surface area (Å²) >= 11 is 0. The zero-order valence-electron chi connectivity index (χ0n) is 19.0.